The van der Waals surface area contributed by atoms with Crippen LogP contribution >= 0.6 is 0 Å². The molecule has 3 saturated carbocycles. The van der Waals surface area contributed by atoms with Crippen LogP contribution in [-0.2, 0) is 4.74 Å². The summed E-state index contributed by atoms with van der Waals surface area (Å²) < 4.78 is 6.19. The molecule has 0 heterocycles. The number of fused-ring (bicyclic) bond motifs is 3. The second kappa shape index (κ2) is 10.3. The minimum atomic E-state index is 0.597. The van der Waals surface area contributed by atoms with Crippen LogP contribution in [0.25, 0.3) is 0 Å². The van der Waals surface area contributed by atoms with Crippen molar-refractivity contribution >= 4 is 0 Å². The number of rotatable bonds is 9. The summed E-state index contributed by atoms with van der Waals surface area (Å²) >= 11 is 0. The van der Waals surface area contributed by atoms with E-state index in [0.29, 0.717) is 6.10 Å². The van der Waals surface area contributed by atoms with Crippen molar-refractivity contribution in [2.75, 3.05) is 6.61 Å². The molecule has 0 N–H and O–H groups in total. The Morgan fingerprint density at radius 1 is 0.680 bits per heavy atom. The van der Waals surface area contributed by atoms with Crippen LogP contribution in [0.1, 0.15) is 110 Å². The molecule has 1 heteroatoms. The van der Waals surface area contributed by atoms with Crippen molar-refractivity contribution < 1.29 is 4.74 Å². The first-order valence-electron chi connectivity index (χ1n) is 11.9. The minimum absolute atomic E-state index is 0.597. The summed E-state index contributed by atoms with van der Waals surface area (Å²) in [6.45, 7) is 5.60. The Hall–Kier alpha value is -0.0400. The minimum Gasteiger partial charge on any atom is -0.378 e. The Kier molecular flexibility index (Phi) is 8.15. The third-order valence-electron chi connectivity index (χ3n) is 7.92. The van der Waals surface area contributed by atoms with E-state index in [1.165, 1.54) is 70.6 Å². The second-order valence-corrected chi connectivity index (χ2v) is 9.61. The normalized spacial score (nSPS) is 38.2. The molecule has 3 rings (SSSR count). The van der Waals surface area contributed by atoms with Crippen molar-refractivity contribution in [3.63, 3.8) is 0 Å². The van der Waals surface area contributed by atoms with Crippen LogP contribution in [0.15, 0.2) is 0 Å². The van der Waals surface area contributed by atoms with Crippen molar-refractivity contribution in [3.05, 3.63) is 0 Å². The highest BCUT2D eigenvalue weighted by Crippen LogP contribution is 2.53. The molecule has 3 fully saturated rings. The molecule has 6 unspecified atom stereocenters. The monoisotopic (exact) mass is 348 g/mol. The van der Waals surface area contributed by atoms with Gasteiger partial charge in [-0.2, -0.15) is 0 Å². The molecule has 0 bridgehead atoms. The predicted octanol–water partition coefficient (Wildman–Crippen LogP) is 7.38. The van der Waals surface area contributed by atoms with Gasteiger partial charge in [0.15, 0.2) is 0 Å². The summed E-state index contributed by atoms with van der Waals surface area (Å²) in [7, 11) is 0. The van der Waals surface area contributed by atoms with E-state index in [9.17, 15) is 0 Å². The van der Waals surface area contributed by atoms with Crippen LogP contribution in [0.5, 0.6) is 0 Å². The van der Waals surface area contributed by atoms with Gasteiger partial charge in [0.25, 0.3) is 0 Å². The van der Waals surface area contributed by atoms with Crippen molar-refractivity contribution in [1.82, 2.24) is 0 Å². The molecule has 0 spiro atoms. The lowest BCUT2D eigenvalue weighted by atomic mass is 9.56. The third-order valence-corrected chi connectivity index (χ3v) is 7.92. The Bertz CT molecular complexity index is 365. The van der Waals surface area contributed by atoms with Gasteiger partial charge < -0.3 is 4.74 Å². The van der Waals surface area contributed by atoms with Gasteiger partial charge in [-0.1, -0.05) is 58.8 Å². The van der Waals surface area contributed by atoms with E-state index in [-0.39, 0.29) is 0 Å². The van der Waals surface area contributed by atoms with Crippen molar-refractivity contribution in [2.24, 2.45) is 29.6 Å². The van der Waals surface area contributed by atoms with Gasteiger partial charge in [0.2, 0.25) is 0 Å². The van der Waals surface area contributed by atoms with Crippen LogP contribution in [0.2, 0.25) is 0 Å². The molecule has 0 aromatic rings. The lowest BCUT2D eigenvalue weighted by molar-refractivity contribution is -0.0537. The van der Waals surface area contributed by atoms with E-state index >= 15 is 0 Å². The summed E-state index contributed by atoms with van der Waals surface area (Å²) in [5.41, 5.74) is 0. The van der Waals surface area contributed by atoms with E-state index < -0.39 is 0 Å². The molecule has 1 nitrogen and oxygen atoms in total. The average Bonchev–Trinajstić information content (AvgIpc) is 2.65. The Balaban J connectivity index is 1.42. The van der Waals surface area contributed by atoms with Crippen molar-refractivity contribution in [3.8, 4) is 0 Å². The molecule has 0 saturated heterocycles. The van der Waals surface area contributed by atoms with E-state index in [1.807, 2.05) is 0 Å². The highest BCUT2D eigenvalue weighted by molar-refractivity contribution is 4.94. The molecular weight excluding hydrogens is 304 g/mol. The van der Waals surface area contributed by atoms with Gasteiger partial charge in [0.05, 0.1) is 6.10 Å². The van der Waals surface area contributed by atoms with Gasteiger partial charge in [-0.15, -0.1) is 0 Å². The summed E-state index contributed by atoms with van der Waals surface area (Å²) in [5.74, 6) is 5.31. The molecule has 0 amide bonds. The maximum absolute atomic E-state index is 6.19. The number of hydrogen-bond acceptors (Lipinski definition) is 1. The molecule has 0 radical (unpaired) electrons. The molecule has 6 atom stereocenters. The average molecular weight is 349 g/mol. The fourth-order valence-corrected chi connectivity index (χ4v) is 6.52. The molecule has 25 heavy (non-hydrogen) atoms. The zero-order valence-electron chi connectivity index (χ0n) is 17.2. The van der Waals surface area contributed by atoms with E-state index in [2.05, 4.69) is 13.8 Å². The first-order valence-corrected chi connectivity index (χ1v) is 11.9. The molecule has 3 aliphatic carbocycles. The SMILES string of the molecule is CCCCCCC1CCC2C(CCC3CC(OCCCC)CCC32)C1. The molecule has 0 aromatic carbocycles. The van der Waals surface area contributed by atoms with Gasteiger partial charge in [0.1, 0.15) is 0 Å². The number of unbranched alkanes of at least 4 members (excludes halogenated alkanes) is 4. The Morgan fingerprint density at radius 3 is 2.16 bits per heavy atom. The standard InChI is InChI=1S/C24H44O/c1-3-5-7-8-9-19-10-14-23-20(17-19)11-12-21-18-22(13-15-24(21)23)25-16-6-4-2/h19-24H,3-18H2,1-2H3. The Morgan fingerprint density at radius 2 is 1.40 bits per heavy atom. The van der Waals surface area contributed by atoms with Crippen LogP contribution in [0.3, 0.4) is 0 Å². The summed E-state index contributed by atoms with van der Waals surface area (Å²) in [4.78, 5) is 0. The first-order chi connectivity index (χ1) is 12.3. The number of hydrogen-bond donors (Lipinski definition) is 0. The van der Waals surface area contributed by atoms with Gasteiger partial charge in [-0.3, -0.25) is 0 Å². The highest BCUT2D eigenvalue weighted by Gasteiger charge is 2.44. The quantitative estimate of drug-likeness (QED) is 0.395. The zero-order chi connectivity index (χ0) is 17.5. The summed E-state index contributed by atoms with van der Waals surface area (Å²) in [5, 5.41) is 0. The summed E-state index contributed by atoms with van der Waals surface area (Å²) in [6, 6.07) is 0. The predicted molar refractivity (Wildman–Crippen MR) is 108 cm³/mol. The van der Waals surface area contributed by atoms with Gasteiger partial charge in [-0.25, -0.2) is 0 Å². The maximum Gasteiger partial charge on any atom is 0.0578 e. The first kappa shape index (κ1) is 19.7. The third kappa shape index (κ3) is 5.47. The van der Waals surface area contributed by atoms with Crippen molar-refractivity contribution in [1.29, 1.82) is 0 Å². The molecular formula is C24H44O. The maximum atomic E-state index is 6.19. The smallest absolute Gasteiger partial charge is 0.0578 e. The molecule has 3 aliphatic rings. The number of ether oxygens (including phenoxy) is 1. The molecule has 0 aliphatic heterocycles. The highest BCUT2D eigenvalue weighted by atomic mass is 16.5. The molecule has 146 valence electrons. The largest absolute Gasteiger partial charge is 0.378 e. The van der Waals surface area contributed by atoms with Gasteiger partial charge in [-0.05, 0) is 81.0 Å². The van der Waals surface area contributed by atoms with Crippen LogP contribution < -0.4 is 0 Å². The van der Waals surface area contributed by atoms with Crippen molar-refractivity contribution in [2.45, 2.75) is 116 Å². The Labute approximate surface area is 157 Å². The van der Waals surface area contributed by atoms with Crippen LogP contribution in [0.4, 0.5) is 0 Å². The summed E-state index contributed by atoms with van der Waals surface area (Å²) in [6.07, 6.45) is 22.4. The topological polar surface area (TPSA) is 9.23 Å². The second-order valence-electron chi connectivity index (χ2n) is 9.61. The van der Waals surface area contributed by atoms with Gasteiger partial charge in [0, 0.05) is 6.61 Å². The van der Waals surface area contributed by atoms with E-state index in [1.54, 1.807) is 25.7 Å². The fourth-order valence-electron chi connectivity index (χ4n) is 6.52. The fraction of sp³-hybridized carbons (Fsp3) is 1.00. The lowest BCUT2D eigenvalue weighted by Gasteiger charge is -2.50. The van der Waals surface area contributed by atoms with E-state index in [0.717, 1.165) is 36.2 Å². The zero-order valence-corrected chi connectivity index (χ0v) is 17.2. The van der Waals surface area contributed by atoms with E-state index in [4.69, 9.17) is 4.74 Å². The molecule has 0 aromatic heterocycles. The van der Waals surface area contributed by atoms with Crippen LogP contribution in [0, 0.1) is 29.6 Å². The van der Waals surface area contributed by atoms with Crippen LogP contribution in [-0.4, -0.2) is 12.7 Å². The van der Waals surface area contributed by atoms with Gasteiger partial charge >= 0.3 is 0 Å². The lowest BCUT2D eigenvalue weighted by Crippen LogP contribution is -2.42.